The van der Waals surface area contributed by atoms with Gasteiger partial charge in [0.15, 0.2) is 0 Å². The number of rotatable bonds is 6. The molecule has 0 bridgehead atoms. The van der Waals surface area contributed by atoms with Gasteiger partial charge in [0.1, 0.15) is 0 Å². The van der Waals surface area contributed by atoms with Gasteiger partial charge in [-0.15, -0.1) is 0 Å². The molecule has 0 saturated heterocycles. The van der Waals surface area contributed by atoms with Crippen molar-refractivity contribution in [2.75, 3.05) is 13.1 Å². The van der Waals surface area contributed by atoms with E-state index < -0.39 is 5.97 Å². The molecular formula is C18H26N2O3. The van der Waals surface area contributed by atoms with Crippen LogP contribution in [-0.4, -0.2) is 46.0 Å². The van der Waals surface area contributed by atoms with Crippen molar-refractivity contribution in [3.05, 3.63) is 35.4 Å². The topological polar surface area (TPSA) is 60.9 Å². The van der Waals surface area contributed by atoms with E-state index >= 15 is 0 Å². The number of benzene rings is 1. The Kier molecular flexibility index (Phi) is 6.02. The largest absolute Gasteiger partial charge is 0.478 e. The number of carbonyl (C=O) groups is 2. The predicted octanol–water partition coefficient (Wildman–Crippen LogP) is 3.59. The first kappa shape index (κ1) is 17.3. The van der Waals surface area contributed by atoms with Gasteiger partial charge in [-0.05, 0) is 44.4 Å². The van der Waals surface area contributed by atoms with Gasteiger partial charge in [0.05, 0.1) is 5.56 Å². The van der Waals surface area contributed by atoms with Crippen molar-refractivity contribution in [2.45, 2.75) is 52.1 Å². The first-order valence-electron chi connectivity index (χ1n) is 8.44. The molecule has 1 fully saturated rings. The summed E-state index contributed by atoms with van der Waals surface area (Å²) in [6, 6.07) is 7.20. The second-order valence-electron chi connectivity index (χ2n) is 6.02. The first-order valence-corrected chi connectivity index (χ1v) is 8.44. The number of nitrogens with zero attached hydrogens (tertiary/aromatic N) is 2. The van der Waals surface area contributed by atoms with Crippen LogP contribution in [0, 0.1) is 0 Å². The van der Waals surface area contributed by atoms with E-state index in [4.69, 9.17) is 5.11 Å². The molecular weight excluding hydrogens is 292 g/mol. The Hall–Kier alpha value is -2.04. The predicted molar refractivity (Wildman–Crippen MR) is 89.5 cm³/mol. The maximum absolute atomic E-state index is 12.8. The second kappa shape index (κ2) is 7.99. The highest BCUT2D eigenvalue weighted by Gasteiger charge is 2.29. The number of carbonyl (C=O) groups excluding carboxylic acids is 1. The third-order valence-electron chi connectivity index (χ3n) is 4.60. The highest BCUT2D eigenvalue weighted by Crippen LogP contribution is 2.26. The average molecular weight is 318 g/mol. The van der Waals surface area contributed by atoms with E-state index in [0.717, 1.165) is 18.4 Å². The van der Waals surface area contributed by atoms with Gasteiger partial charge < -0.3 is 14.9 Å². The Bertz CT molecular complexity index is 532. The lowest BCUT2D eigenvalue weighted by molar-refractivity contribution is 0.0696. The molecule has 2 rings (SSSR count). The minimum absolute atomic E-state index is 0.0872. The summed E-state index contributed by atoms with van der Waals surface area (Å²) >= 11 is 0. The number of aromatic carboxylic acids is 1. The third kappa shape index (κ3) is 4.24. The SMILES string of the molecule is CCN(CC)C(=O)N(Cc1ccc(C(=O)O)cc1)C1CCCC1. The average Bonchev–Trinajstić information content (AvgIpc) is 3.08. The van der Waals surface area contributed by atoms with E-state index in [1.807, 2.05) is 23.6 Å². The van der Waals surface area contributed by atoms with Crippen molar-refractivity contribution >= 4 is 12.0 Å². The van der Waals surface area contributed by atoms with Gasteiger partial charge in [-0.1, -0.05) is 25.0 Å². The molecule has 23 heavy (non-hydrogen) atoms. The van der Waals surface area contributed by atoms with Crippen LogP contribution in [0.1, 0.15) is 55.5 Å². The first-order chi connectivity index (χ1) is 11.1. The summed E-state index contributed by atoms with van der Waals surface area (Å²) < 4.78 is 0. The lowest BCUT2D eigenvalue weighted by atomic mass is 10.1. The van der Waals surface area contributed by atoms with E-state index in [2.05, 4.69) is 0 Å². The van der Waals surface area contributed by atoms with E-state index in [0.29, 0.717) is 25.7 Å². The van der Waals surface area contributed by atoms with Crippen LogP contribution < -0.4 is 0 Å². The maximum Gasteiger partial charge on any atom is 0.335 e. The van der Waals surface area contributed by atoms with Gasteiger partial charge >= 0.3 is 12.0 Å². The summed E-state index contributed by atoms with van der Waals surface area (Å²) in [5.41, 5.74) is 1.25. The van der Waals surface area contributed by atoms with Crippen LogP contribution in [0.4, 0.5) is 4.79 Å². The smallest absolute Gasteiger partial charge is 0.335 e. The molecule has 5 heteroatoms. The number of hydrogen-bond donors (Lipinski definition) is 1. The molecule has 0 aromatic heterocycles. The fourth-order valence-electron chi connectivity index (χ4n) is 3.19. The monoisotopic (exact) mass is 318 g/mol. The van der Waals surface area contributed by atoms with Crippen molar-refractivity contribution in [2.24, 2.45) is 0 Å². The standard InChI is InChI=1S/C18H26N2O3/c1-3-19(4-2)18(23)20(16-7-5-6-8-16)13-14-9-11-15(12-10-14)17(21)22/h9-12,16H,3-8,13H2,1-2H3,(H,21,22). The summed E-state index contributed by atoms with van der Waals surface area (Å²) in [6.45, 7) is 5.94. The van der Waals surface area contributed by atoms with Gasteiger partial charge in [-0.2, -0.15) is 0 Å². The molecule has 1 aliphatic rings. The summed E-state index contributed by atoms with van der Waals surface area (Å²) in [7, 11) is 0. The van der Waals surface area contributed by atoms with Gasteiger partial charge in [0.2, 0.25) is 0 Å². The highest BCUT2D eigenvalue weighted by atomic mass is 16.4. The van der Waals surface area contributed by atoms with Crippen molar-refractivity contribution < 1.29 is 14.7 Å². The zero-order valence-corrected chi connectivity index (χ0v) is 14.0. The Balaban J connectivity index is 2.16. The van der Waals surface area contributed by atoms with E-state index in [-0.39, 0.29) is 11.6 Å². The molecule has 1 saturated carbocycles. The molecule has 1 aromatic rings. The molecule has 126 valence electrons. The second-order valence-corrected chi connectivity index (χ2v) is 6.02. The Morgan fingerprint density at radius 2 is 1.65 bits per heavy atom. The Morgan fingerprint density at radius 3 is 2.13 bits per heavy atom. The summed E-state index contributed by atoms with van der Waals surface area (Å²) in [5, 5.41) is 8.98. The van der Waals surface area contributed by atoms with Crippen molar-refractivity contribution in [1.29, 1.82) is 0 Å². The van der Waals surface area contributed by atoms with Crippen molar-refractivity contribution in [3.63, 3.8) is 0 Å². The molecule has 1 aliphatic carbocycles. The zero-order valence-electron chi connectivity index (χ0n) is 14.0. The van der Waals surface area contributed by atoms with E-state index in [1.165, 1.54) is 12.8 Å². The van der Waals surface area contributed by atoms with Crippen LogP contribution in [0.25, 0.3) is 0 Å². The molecule has 0 unspecified atom stereocenters. The molecule has 1 N–H and O–H groups in total. The number of urea groups is 1. The molecule has 0 atom stereocenters. The number of amides is 2. The minimum Gasteiger partial charge on any atom is -0.478 e. The molecule has 1 aromatic carbocycles. The summed E-state index contributed by atoms with van der Waals surface area (Å²) in [6.07, 6.45) is 4.45. The fourth-order valence-corrected chi connectivity index (χ4v) is 3.19. The number of carboxylic acid groups (broad SMARTS) is 1. The van der Waals surface area contributed by atoms with Crippen LogP contribution in [0.15, 0.2) is 24.3 Å². The maximum atomic E-state index is 12.8. The summed E-state index contributed by atoms with van der Waals surface area (Å²) in [4.78, 5) is 27.6. The van der Waals surface area contributed by atoms with Gasteiger partial charge in [0, 0.05) is 25.7 Å². The van der Waals surface area contributed by atoms with Gasteiger partial charge in [-0.25, -0.2) is 9.59 Å². The lowest BCUT2D eigenvalue weighted by Crippen LogP contribution is -2.46. The number of carboxylic acids is 1. The minimum atomic E-state index is -0.927. The van der Waals surface area contributed by atoms with Crippen LogP contribution >= 0.6 is 0 Å². The third-order valence-corrected chi connectivity index (χ3v) is 4.60. The van der Waals surface area contributed by atoms with Crippen molar-refractivity contribution in [3.8, 4) is 0 Å². The molecule has 0 heterocycles. The Morgan fingerprint density at radius 1 is 1.09 bits per heavy atom. The van der Waals surface area contributed by atoms with Crippen LogP contribution in [0.3, 0.4) is 0 Å². The fraction of sp³-hybridized carbons (Fsp3) is 0.556. The van der Waals surface area contributed by atoms with Gasteiger partial charge in [0.25, 0.3) is 0 Å². The van der Waals surface area contributed by atoms with Crippen LogP contribution in [-0.2, 0) is 6.54 Å². The summed E-state index contributed by atoms with van der Waals surface area (Å²) in [5.74, 6) is -0.927. The molecule has 2 amide bonds. The normalized spacial score (nSPS) is 14.7. The highest BCUT2D eigenvalue weighted by molar-refractivity contribution is 5.87. The van der Waals surface area contributed by atoms with E-state index in [1.54, 1.807) is 24.3 Å². The van der Waals surface area contributed by atoms with E-state index in [9.17, 15) is 9.59 Å². The number of hydrogen-bond acceptors (Lipinski definition) is 2. The molecule has 0 aliphatic heterocycles. The molecule has 0 spiro atoms. The van der Waals surface area contributed by atoms with Crippen molar-refractivity contribution in [1.82, 2.24) is 9.80 Å². The quantitative estimate of drug-likeness (QED) is 0.872. The Labute approximate surface area is 137 Å². The molecule has 5 nitrogen and oxygen atoms in total. The van der Waals surface area contributed by atoms with Crippen LogP contribution in [0.5, 0.6) is 0 Å². The molecule has 0 radical (unpaired) electrons. The van der Waals surface area contributed by atoms with Crippen LogP contribution in [0.2, 0.25) is 0 Å². The van der Waals surface area contributed by atoms with Gasteiger partial charge in [-0.3, -0.25) is 0 Å². The zero-order chi connectivity index (χ0) is 16.8. The lowest BCUT2D eigenvalue weighted by Gasteiger charge is -2.34.